The van der Waals surface area contributed by atoms with Gasteiger partial charge in [0, 0.05) is 37.8 Å². The Morgan fingerprint density at radius 1 is 1.28 bits per heavy atom. The highest BCUT2D eigenvalue weighted by Crippen LogP contribution is 2.31. The van der Waals surface area contributed by atoms with Crippen LogP contribution in [0.3, 0.4) is 0 Å². The minimum Gasteiger partial charge on any atom is -0.342 e. The van der Waals surface area contributed by atoms with Gasteiger partial charge in [-0.15, -0.1) is 0 Å². The normalized spacial score (nSPS) is 17.5. The maximum Gasteiger partial charge on any atom is 0.416 e. The van der Waals surface area contributed by atoms with Crippen molar-refractivity contribution in [3.05, 3.63) is 41.3 Å². The minimum atomic E-state index is -4.45. The van der Waals surface area contributed by atoms with Gasteiger partial charge in [-0.2, -0.15) is 13.2 Å². The van der Waals surface area contributed by atoms with Crippen molar-refractivity contribution in [2.24, 2.45) is 0 Å². The molecule has 0 saturated carbocycles. The topological polar surface area (TPSA) is 71.0 Å². The zero-order chi connectivity index (χ0) is 21.2. The van der Waals surface area contributed by atoms with Crippen LogP contribution in [0.4, 0.5) is 24.9 Å². The number of pyridine rings is 1. The van der Waals surface area contributed by atoms with Crippen molar-refractivity contribution in [3.63, 3.8) is 0 Å². The Morgan fingerprint density at radius 3 is 2.69 bits per heavy atom. The Labute approximate surface area is 167 Å². The summed E-state index contributed by atoms with van der Waals surface area (Å²) >= 11 is 0. The van der Waals surface area contributed by atoms with Gasteiger partial charge in [0.2, 0.25) is 11.9 Å². The van der Waals surface area contributed by atoms with Crippen molar-refractivity contribution < 1.29 is 18.0 Å². The Bertz CT molecular complexity index is 885. The van der Waals surface area contributed by atoms with Gasteiger partial charge in [-0.25, -0.2) is 15.0 Å². The molecular weight excluding hydrogens is 383 g/mol. The van der Waals surface area contributed by atoms with E-state index in [-0.39, 0.29) is 29.5 Å². The third-order valence-electron chi connectivity index (χ3n) is 4.97. The van der Waals surface area contributed by atoms with Crippen LogP contribution < -0.4 is 5.32 Å². The second-order valence-electron chi connectivity index (χ2n) is 7.55. The number of carbonyl (C=O) groups is 1. The predicted molar refractivity (Wildman–Crippen MR) is 103 cm³/mol. The summed E-state index contributed by atoms with van der Waals surface area (Å²) < 4.78 is 38.9. The van der Waals surface area contributed by atoms with Crippen LogP contribution in [0.5, 0.6) is 0 Å². The van der Waals surface area contributed by atoms with E-state index in [1.165, 1.54) is 0 Å². The van der Waals surface area contributed by atoms with Crippen molar-refractivity contribution in [3.8, 4) is 0 Å². The number of aromatic nitrogens is 3. The average molecular weight is 407 g/mol. The number of halogens is 3. The zero-order valence-corrected chi connectivity index (χ0v) is 16.6. The van der Waals surface area contributed by atoms with Crippen molar-refractivity contribution in [1.82, 2.24) is 19.9 Å². The number of likely N-dealkylation sites (tertiary alicyclic amines) is 1. The number of carbonyl (C=O) groups excluding carboxylic acids is 1. The predicted octanol–water partition coefficient (Wildman–Crippen LogP) is 4.48. The Morgan fingerprint density at radius 2 is 2.03 bits per heavy atom. The van der Waals surface area contributed by atoms with Crippen LogP contribution in [0.1, 0.15) is 62.4 Å². The lowest BCUT2D eigenvalue weighted by molar-refractivity contribution is -0.137. The Balaban J connectivity index is 1.90. The van der Waals surface area contributed by atoms with Gasteiger partial charge in [-0.1, -0.05) is 13.8 Å². The summed E-state index contributed by atoms with van der Waals surface area (Å²) in [6, 6.07) is 3.77. The largest absolute Gasteiger partial charge is 0.416 e. The molecule has 9 heteroatoms. The van der Waals surface area contributed by atoms with Crippen LogP contribution in [-0.4, -0.2) is 38.8 Å². The summed E-state index contributed by atoms with van der Waals surface area (Å²) in [5.74, 6) is 0.431. The second kappa shape index (κ2) is 8.34. The van der Waals surface area contributed by atoms with Gasteiger partial charge < -0.3 is 10.2 Å². The van der Waals surface area contributed by atoms with Crippen molar-refractivity contribution >= 4 is 17.7 Å². The standard InChI is InChI=1S/C20H24F3N5O/c1-12(2)16-10-17(14-5-4-8-28(11-14)13(3)29)26-19(25-16)27-18-9-15(6-7-24-18)20(21,22)23/h6-7,9-10,12,14H,4-5,8,11H2,1-3H3,(H,24,25,26,27). The van der Waals surface area contributed by atoms with E-state index in [0.717, 1.165) is 49.1 Å². The number of hydrogen-bond donors (Lipinski definition) is 1. The Kier molecular flexibility index (Phi) is 6.04. The minimum absolute atomic E-state index is 0.0272. The highest BCUT2D eigenvalue weighted by Gasteiger charge is 2.31. The quantitative estimate of drug-likeness (QED) is 0.809. The first-order valence-electron chi connectivity index (χ1n) is 9.58. The molecule has 1 amide bonds. The number of piperidine rings is 1. The molecule has 1 atom stereocenters. The van der Waals surface area contributed by atoms with Gasteiger partial charge in [-0.05, 0) is 37.0 Å². The molecule has 1 aliphatic rings. The summed E-state index contributed by atoms with van der Waals surface area (Å²) in [6.07, 6.45) is -1.59. The zero-order valence-electron chi connectivity index (χ0n) is 16.6. The molecule has 6 nitrogen and oxygen atoms in total. The monoisotopic (exact) mass is 407 g/mol. The van der Waals surface area contributed by atoms with Crippen LogP contribution >= 0.6 is 0 Å². The van der Waals surface area contributed by atoms with Crippen LogP contribution in [0.15, 0.2) is 24.4 Å². The lowest BCUT2D eigenvalue weighted by Crippen LogP contribution is -2.38. The maximum absolute atomic E-state index is 13.0. The molecule has 3 heterocycles. The smallest absolute Gasteiger partial charge is 0.342 e. The molecule has 1 N–H and O–H groups in total. The van der Waals surface area contributed by atoms with Gasteiger partial charge in [0.15, 0.2) is 0 Å². The highest BCUT2D eigenvalue weighted by molar-refractivity contribution is 5.73. The fourth-order valence-electron chi connectivity index (χ4n) is 3.34. The lowest BCUT2D eigenvalue weighted by Gasteiger charge is -2.32. The van der Waals surface area contributed by atoms with E-state index in [1.54, 1.807) is 11.8 Å². The van der Waals surface area contributed by atoms with Gasteiger partial charge in [-0.3, -0.25) is 4.79 Å². The van der Waals surface area contributed by atoms with Gasteiger partial charge in [0.05, 0.1) is 11.3 Å². The first-order chi connectivity index (χ1) is 13.6. The molecule has 1 aliphatic heterocycles. The van der Waals surface area contributed by atoms with E-state index < -0.39 is 11.7 Å². The van der Waals surface area contributed by atoms with Crippen molar-refractivity contribution in [2.75, 3.05) is 18.4 Å². The third-order valence-corrected chi connectivity index (χ3v) is 4.97. The molecule has 29 heavy (non-hydrogen) atoms. The number of hydrogen-bond acceptors (Lipinski definition) is 5. The third kappa shape index (κ3) is 5.21. The van der Waals surface area contributed by atoms with E-state index >= 15 is 0 Å². The first-order valence-corrected chi connectivity index (χ1v) is 9.58. The summed E-state index contributed by atoms with van der Waals surface area (Å²) in [6.45, 7) is 6.83. The first kappa shape index (κ1) is 21.0. The number of anilines is 2. The van der Waals surface area contributed by atoms with Crippen LogP contribution in [-0.2, 0) is 11.0 Å². The van der Waals surface area contributed by atoms with Crippen molar-refractivity contribution in [1.29, 1.82) is 0 Å². The summed E-state index contributed by atoms with van der Waals surface area (Å²) in [4.78, 5) is 26.5. The van der Waals surface area contributed by atoms with E-state index in [4.69, 9.17) is 0 Å². The van der Waals surface area contributed by atoms with Crippen LogP contribution in [0, 0.1) is 0 Å². The SMILES string of the molecule is CC(=O)N1CCCC(c2cc(C(C)C)nc(Nc3cc(C(F)(F)F)ccn3)n2)C1. The molecule has 1 saturated heterocycles. The molecule has 0 aliphatic carbocycles. The molecule has 156 valence electrons. The molecule has 1 unspecified atom stereocenters. The molecule has 0 radical (unpaired) electrons. The van der Waals surface area contributed by atoms with E-state index in [9.17, 15) is 18.0 Å². The molecule has 0 bridgehead atoms. The summed E-state index contributed by atoms with van der Waals surface area (Å²) in [5.41, 5.74) is 0.771. The summed E-state index contributed by atoms with van der Waals surface area (Å²) in [7, 11) is 0. The average Bonchev–Trinajstić information content (AvgIpc) is 2.67. The van der Waals surface area contributed by atoms with E-state index in [2.05, 4.69) is 20.3 Å². The maximum atomic E-state index is 13.0. The molecule has 0 spiro atoms. The van der Waals surface area contributed by atoms with Crippen LogP contribution in [0.25, 0.3) is 0 Å². The van der Waals surface area contributed by atoms with E-state index in [0.29, 0.717) is 6.54 Å². The van der Waals surface area contributed by atoms with Crippen molar-refractivity contribution in [2.45, 2.75) is 51.6 Å². The fourth-order valence-corrected chi connectivity index (χ4v) is 3.34. The molecule has 0 aromatic carbocycles. The number of nitrogens with zero attached hydrogens (tertiary/aromatic N) is 4. The highest BCUT2D eigenvalue weighted by atomic mass is 19.4. The summed E-state index contributed by atoms with van der Waals surface area (Å²) in [5, 5.41) is 2.81. The lowest BCUT2D eigenvalue weighted by atomic mass is 9.93. The number of nitrogens with one attached hydrogen (secondary N) is 1. The molecule has 3 rings (SSSR count). The second-order valence-corrected chi connectivity index (χ2v) is 7.55. The number of alkyl halides is 3. The molecule has 2 aromatic rings. The molecular formula is C20H24F3N5O. The van der Waals surface area contributed by atoms with Gasteiger partial charge in [0.25, 0.3) is 0 Å². The molecule has 2 aromatic heterocycles. The Hall–Kier alpha value is -2.71. The number of rotatable bonds is 4. The fraction of sp³-hybridized carbons (Fsp3) is 0.500. The van der Waals surface area contributed by atoms with Gasteiger partial charge >= 0.3 is 6.18 Å². The number of amides is 1. The van der Waals surface area contributed by atoms with E-state index in [1.807, 2.05) is 19.9 Å². The van der Waals surface area contributed by atoms with Crippen LogP contribution in [0.2, 0.25) is 0 Å². The molecule has 1 fully saturated rings. The van der Waals surface area contributed by atoms with Gasteiger partial charge in [0.1, 0.15) is 5.82 Å².